The fourth-order valence-electron chi connectivity index (χ4n) is 4.31. The van der Waals surface area contributed by atoms with Crippen LogP contribution >= 0.6 is 0 Å². The van der Waals surface area contributed by atoms with E-state index in [9.17, 15) is 4.79 Å². The second-order valence-corrected chi connectivity index (χ2v) is 9.19. The molecule has 2 heterocycles. The summed E-state index contributed by atoms with van der Waals surface area (Å²) in [5.41, 5.74) is 5.24. The number of hydrogen-bond donors (Lipinski definition) is 3. The van der Waals surface area contributed by atoms with Crippen LogP contribution in [0.15, 0.2) is 97.6 Å². The number of carbonyl (C=O) groups is 1. The quantitative estimate of drug-likeness (QED) is 0.272. The Labute approximate surface area is 223 Å². The first kappa shape index (κ1) is 25.0. The van der Waals surface area contributed by atoms with Crippen LogP contribution in [0.5, 0.6) is 0 Å². The molecule has 0 spiro atoms. The van der Waals surface area contributed by atoms with Crippen LogP contribution in [0.1, 0.15) is 0 Å². The number of anilines is 6. The van der Waals surface area contributed by atoms with Gasteiger partial charge < -0.3 is 25.8 Å². The fourth-order valence-corrected chi connectivity index (χ4v) is 4.31. The minimum absolute atomic E-state index is 0.265. The monoisotopic (exact) mass is 505 g/mol. The van der Waals surface area contributed by atoms with Gasteiger partial charge in [0.1, 0.15) is 5.82 Å². The van der Waals surface area contributed by atoms with Gasteiger partial charge in [0, 0.05) is 60.6 Å². The van der Waals surface area contributed by atoms with Gasteiger partial charge in [-0.1, -0.05) is 43.0 Å². The molecule has 5 rings (SSSR count). The number of aromatic nitrogens is 2. The molecule has 0 atom stereocenters. The molecule has 192 valence electrons. The summed E-state index contributed by atoms with van der Waals surface area (Å²) in [4.78, 5) is 26.1. The van der Waals surface area contributed by atoms with E-state index in [1.54, 1.807) is 0 Å². The largest absolute Gasteiger partial charge is 0.369 e. The summed E-state index contributed by atoms with van der Waals surface area (Å²) in [6.07, 6.45) is 1.25. The van der Waals surface area contributed by atoms with Crippen molar-refractivity contribution in [2.24, 2.45) is 0 Å². The van der Waals surface area contributed by atoms with Crippen LogP contribution in [0.4, 0.5) is 34.5 Å². The molecule has 1 fully saturated rings. The second kappa shape index (κ2) is 11.6. The van der Waals surface area contributed by atoms with E-state index in [1.165, 1.54) is 11.8 Å². The molecular formula is C30H31N7O. The molecule has 1 saturated heterocycles. The van der Waals surface area contributed by atoms with Gasteiger partial charge in [-0.3, -0.25) is 4.79 Å². The van der Waals surface area contributed by atoms with E-state index in [4.69, 9.17) is 9.97 Å². The van der Waals surface area contributed by atoms with Gasteiger partial charge in [-0.05, 0) is 55.6 Å². The van der Waals surface area contributed by atoms with Crippen molar-refractivity contribution >= 4 is 40.4 Å². The lowest BCUT2D eigenvalue weighted by Crippen LogP contribution is -2.44. The summed E-state index contributed by atoms with van der Waals surface area (Å²) in [6, 6.07) is 27.7. The van der Waals surface area contributed by atoms with Gasteiger partial charge in [0.05, 0.1) is 5.69 Å². The number of carbonyl (C=O) groups excluding carboxylic acids is 1. The van der Waals surface area contributed by atoms with Crippen LogP contribution < -0.4 is 20.9 Å². The summed E-state index contributed by atoms with van der Waals surface area (Å²) < 4.78 is 0. The zero-order valence-corrected chi connectivity index (χ0v) is 21.4. The van der Waals surface area contributed by atoms with Crippen molar-refractivity contribution in [3.63, 3.8) is 0 Å². The van der Waals surface area contributed by atoms with Gasteiger partial charge in [0.15, 0.2) is 0 Å². The van der Waals surface area contributed by atoms with Gasteiger partial charge in [-0.15, -0.1) is 0 Å². The number of para-hydroxylation sites is 1. The summed E-state index contributed by atoms with van der Waals surface area (Å²) in [7, 11) is 2.16. The van der Waals surface area contributed by atoms with E-state index in [0.29, 0.717) is 23.1 Å². The third kappa shape index (κ3) is 6.35. The van der Waals surface area contributed by atoms with E-state index in [-0.39, 0.29) is 5.91 Å². The molecule has 1 aliphatic heterocycles. The van der Waals surface area contributed by atoms with Crippen molar-refractivity contribution in [2.45, 2.75) is 0 Å². The Morgan fingerprint density at radius 2 is 1.55 bits per heavy atom. The summed E-state index contributed by atoms with van der Waals surface area (Å²) in [6.45, 7) is 7.61. The van der Waals surface area contributed by atoms with Crippen molar-refractivity contribution < 1.29 is 4.79 Å². The number of hydrogen-bond acceptors (Lipinski definition) is 7. The van der Waals surface area contributed by atoms with Crippen molar-refractivity contribution in [1.82, 2.24) is 14.9 Å². The van der Waals surface area contributed by atoms with Gasteiger partial charge >= 0.3 is 0 Å². The minimum atomic E-state index is -0.265. The third-order valence-electron chi connectivity index (χ3n) is 6.35. The van der Waals surface area contributed by atoms with Crippen molar-refractivity contribution in [2.75, 3.05) is 54.1 Å². The SMILES string of the molecule is C=CC(=O)Nc1cccc(-c2cc(Nc3ccccc3)nc(Nc3cccc(N4CCN(C)CC4)c3)n2)c1. The van der Waals surface area contributed by atoms with Gasteiger partial charge in [0.25, 0.3) is 0 Å². The van der Waals surface area contributed by atoms with Gasteiger partial charge in [-0.2, -0.15) is 4.98 Å². The van der Waals surface area contributed by atoms with E-state index in [1.807, 2.05) is 66.7 Å². The number of benzene rings is 3. The minimum Gasteiger partial charge on any atom is -0.369 e. The maximum absolute atomic E-state index is 11.8. The predicted molar refractivity (Wildman–Crippen MR) is 155 cm³/mol. The zero-order chi connectivity index (χ0) is 26.3. The van der Waals surface area contributed by atoms with Gasteiger partial charge in [-0.25, -0.2) is 4.98 Å². The lowest BCUT2D eigenvalue weighted by Gasteiger charge is -2.34. The first-order valence-electron chi connectivity index (χ1n) is 12.6. The highest BCUT2D eigenvalue weighted by atomic mass is 16.1. The first-order valence-corrected chi connectivity index (χ1v) is 12.6. The Morgan fingerprint density at radius 3 is 2.34 bits per heavy atom. The highest BCUT2D eigenvalue weighted by Crippen LogP contribution is 2.28. The lowest BCUT2D eigenvalue weighted by atomic mass is 10.1. The average molecular weight is 506 g/mol. The number of likely N-dealkylation sites (N-methyl/N-ethyl adjacent to an activating group) is 1. The Balaban J connectivity index is 1.46. The molecule has 0 radical (unpaired) electrons. The second-order valence-electron chi connectivity index (χ2n) is 9.19. The van der Waals surface area contributed by atoms with Crippen LogP contribution in [-0.2, 0) is 4.79 Å². The molecule has 4 aromatic rings. The molecule has 3 N–H and O–H groups in total. The number of amides is 1. The summed E-state index contributed by atoms with van der Waals surface area (Å²) in [5.74, 6) is 0.857. The number of piperazine rings is 1. The Hall–Kier alpha value is -4.69. The molecule has 1 aromatic heterocycles. The average Bonchev–Trinajstić information content (AvgIpc) is 2.94. The summed E-state index contributed by atoms with van der Waals surface area (Å²) in [5, 5.41) is 9.59. The number of nitrogens with one attached hydrogen (secondary N) is 3. The molecule has 0 unspecified atom stereocenters. The van der Waals surface area contributed by atoms with E-state index in [2.05, 4.69) is 57.6 Å². The van der Waals surface area contributed by atoms with Crippen LogP contribution in [0.2, 0.25) is 0 Å². The predicted octanol–water partition coefficient (Wildman–Crippen LogP) is 5.51. The van der Waals surface area contributed by atoms with E-state index >= 15 is 0 Å². The Morgan fingerprint density at radius 1 is 0.816 bits per heavy atom. The molecular weight excluding hydrogens is 474 g/mol. The molecule has 8 nitrogen and oxygen atoms in total. The molecule has 8 heteroatoms. The first-order chi connectivity index (χ1) is 18.6. The standard InChI is InChI=1S/C30H31N7O/c1-3-29(38)32-24-12-7-9-22(19-24)27-21-28(31-23-10-5-4-6-11-23)35-30(34-27)33-25-13-8-14-26(20-25)37-17-15-36(2)16-18-37/h3-14,19-21H,1,15-18H2,2H3,(H,32,38)(H2,31,33,34,35). The van der Waals surface area contributed by atoms with Gasteiger partial charge in [0.2, 0.25) is 11.9 Å². The van der Waals surface area contributed by atoms with Crippen LogP contribution in [0.25, 0.3) is 11.3 Å². The number of rotatable bonds is 8. The topological polar surface area (TPSA) is 85.4 Å². The number of nitrogens with zero attached hydrogens (tertiary/aromatic N) is 4. The van der Waals surface area contributed by atoms with Crippen molar-refractivity contribution in [1.29, 1.82) is 0 Å². The lowest BCUT2D eigenvalue weighted by molar-refractivity contribution is -0.111. The molecule has 38 heavy (non-hydrogen) atoms. The Bertz CT molecular complexity index is 1420. The highest BCUT2D eigenvalue weighted by Gasteiger charge is 2.15. The Kier molecular flexibility index (Phi) is 7.61. The van der Waals surface area contributed by atoms with Crippen LogP contribution in [0.3, 0.4) is 0 Å². The van der Waals surface area contributed by atoms with Crippen molar-refractivity contribution in [3.05, 3.63) is 97.6 Å². The molecule has 0 aliphatic carbocycles. The normalized spacial score (nSPS) is 13.6. The maximum Gasteiger partial charge on any atom is 0.247 e. The fraction of sp³-hybridized carbons (Fsp3) is 0.167. The van der Waals surface area contributed by atoms with E-state index < -0.39 is 0 Å². The molecule has 3 aromatic carbocycles. The smallest absolute Gasteiger partial charge is 0.247 e. The van der Waals surface area contributed by atoms with Crippen molar-refractivity contribution in [3.8, 4) is 11.3 Å². The highest BCUT2D eigenvalue weighted by molar-refractivity contribution is 5.99. The molecule has 0 saturated carbocycles. The molecule has 0 bridgehead atoms. The molecule has 1 aliphatic rings. The van der Waals surface area contributed by atoms with E-state index in [0.717, 1.165) is 43.1 Å². The zero-order valence-electron chi connectivity index (χ0n) is 21.4. The third-order valence-corrected chi connectivity index (χ3v) is 6.35. The summed E-state index contributed by atoms with van der Waals surface area (Å²) >= 11 is 0. The van der Waals surface area contributed by atoms with Crippen LogP contribution in [0, 0.1) is 0 Å². The molecule has 1 amide bonds. The maximum atomic E-state index is 11.8. The van der Waals surface area contributed by atoms with Crippen LogP contribution in [-0.4, -0.2) is 54.0 Å².